The number of carbonyl (C=O) groups is 1. The third-order valence-corrected chi connectivity index (χ3v) is 5.72. The lowest BCUT2D eigenvalue weighted by molar-refractivity contribution is -0.139. The number of allylic oxidation sites excluding steroid dienone is 1. The molecule has 0 radical (unpaired) electrons. The number of rotatable bonds is 7. The van der Waals surface area contributed by atoms with E-state index in [9.17, 15) is 4.79 Å². The second-order valence-electron chi connectivity index (χ2n) is 5.67. The van der Waals surface area contributed by atoms with Crippen molar-refractivity contribution in [2.24, 2.45) is 0 Å². The van der Waals surface area contributed by atoms with Crippen LogP contribution in [0.15, 0.2) is 33.9 Å². The van der Waals surface area contributed by atoms with Crippen molar-refractivity contribution in [3.05, 3.63) is 33.7 Å². The molecule has 3 heterocycles. The zero-order valence-corrected chi connectivity index (χ0v) is 16.2. The van der Waals surface area contributed by atoms with Crippen molar-refractivity contribution in [1.82, 2.24) is 14.8 Å². The molecule has 0 bridgehead atoms. The highest BCUT2D eigenvalue weighted by atomic mass is 32.2. The minimum atomic E-state index is -0.313. The van der Waals surface area contributed by atoms with Crippen LogP contribution in [-0.4, -0.2) is 33.1 Å². The fraction of sp³-hybridized carbons (Fsp3) is 0.471. The van der Waals surface area contributed by atoms with E-state index in [0.29, 0.717) is 18.1 Å². The number of carbonyl (C=O) groups excluding carboxylic acids is 1. The van der Waals surface area contributed by atoms with Gasteiger partial charge in [-0.1, -0.05) is 31.2 Å². The van der Waals surface area contributed by atoms with Gasteiger partial charge in [0.15, 0.2) is 0 Å². The molecular weight excluding hydrogens is 356 g/mol. The molecule has 0 saturated heterocycles. The highest BCUT2D eigenvalue weighted by Gasteiger charge is 2.35. The summed E-state index contributed by atoms with van der Waals surface area (Å²) in [6, 6.07) is 3.69. The molecule has 1 aliphatic heterocycles. The number of anilines is 1. The van der Waals surface area contributed by atoms with Crippen molar-refractivity contribution in [3.8, 4) is 0 Å². The smallest absolute Gasteiger partial charge is 0.338 e. The number of hydrogen-bond acceptors (Lipinski definition) is 7. The number of aromatic nitrogens is 3. The monoisotopic (exact) mass is 378 g/mol. The van der Waals surface area contributed by atoms with Crippen LogP contribution in [0.2, 0.25) is 0 Å². The number of hydrogen-bond donors (Lipinski definition) is 1. The van der Waals surface area contributed by atoms with Gasteiger partial charge in [0.1, 0.15) is 6.04 Å². The lowest BCUT2D eigenvalue weighted by Gasteiger charge is -2.26. The fourth-order valence-corrected chi connectivity index (χ4v) is 4.41. The molecule has 1 aliphatic rings. The van der Waals surface area contributed by atoms with Gasteiger partial charge < -0.3 is 10.1 Å². The van der Waals surface area contributed by atoms with E-state index in [1.165, 1.54) is 0 Å². The lowest BCUT2D eigenvalue weighted by atomic mass is 10.0. The van der Waals surface area contributed by atoms with Crippen LogP contribution in [0.1, 0.15) is 44.5 Å². The second-order valence-corrected chi connectivity index (χ2v) is 7.71. The minimum absolute atomic E-state index is 0.302. The molecule has 3 rings (SSSR count). The Morgan fingerprint density at radius 1 is 1.48 bits per heavy atom. The van der Waals surface area contributed by atoms with Crippen LogP contribution in [0.3, 0.4) is 0 Å². The van der Waals surface area contributed by atoms with E-state index in [1.807, 2.05) is 31.4 Å². The number of fused-ring (bicyclic) bond motifs is 1. The van der Waals surface area contributed by atoms with Crippen molar-refractivity contribution >= 4 is 35.0 Å². The van der Waals surface area contributed by atoms with E-state index in [4.69, 9.17) is 4.74 Å². The summed E-state index contributed by atoms with van der Waals surface area (Å²) in [5.74, 6) is 1.34. The molecule has 0 aromatic carbocycles. The highest BCUT2D eigenvalue weighted by Crippen LogP contribution is 2.38. The summed E-state index contributed by atoms with van der Waals surface area (Å²) < 4.78 is 7.09. The predicted molar refractivity (Wildman–Crippen MR) is 101 cm³/mol. The standard InChI is InChI=1S/C17H22N4O2S2/c1-4-6-9-25-17-19-16-18-11(3)13(15(22)23-5-2)14(21(16)20-17)12-8-7-10-24-12/h7-8,10,14H,4-6,9H2,1-3H3,(H,18,19,20). The first-order valence-corrected chi connectivity index (χ1v) is 10.3. The van der Waals surface area contributed by atoms with Crippen LogP contribution in [0.5, 0.6) is 0 Å². The van der Waals surface area contributed by atoms with Crippen molar-refractivity contribution in [3.63, 3.8) is 0 Å². The summed E-state index contributed by atoms with van der Waals surface area (Å²) in [6.45, 7) is 6.21. The normalized spacial score (nSPS) is 16.5. The van der Waals surface area contributed by atoms with Gasteiger partial charge in [-0.15, -0.1) is 16.4 Å². The molecular formula is C17H22N4O2S2. The average molecular weight is 379 g/mol. The Morgan fingerprint density at radius 2 is 2.32 bits per heavy atom. The van der Waals surface area contributed by atoms with Crippen molar-refractivity contribution in [2.75, 3.05) is 17.7 Å². The van der Waals surface area contributed by atoms with Crippen LogP contribution < -0.4 is 5.32 Å². The number of thioether (sulfide) groups is 1. The molecule has 2 aromatic heterocycles. The third-order valence-electron chi connectivity index (χ3n) is 3.87. The zero-order valence-electron chi connectivity index (χ0n) is 14.6. The maximum Gasteiger partial charge on any atom is 0.338 e. The molecule has 1 unspecified atom stereocenters. The first-order chi connectivity index (χ1) is 12.2. The quantitative estimate of drug-likeness (QED) is 0.445. The Labute approximate surface area is 155 Å². The maximum atomic E-state index is 12.6. The van der Waals surface area contributed by atoms with E-state index in [1.54, 1.807) is 27.8 Å². The average Bonchev–Trinajstić information content (AvgIpc) is 3.23. The lowest BCUT2D eigenvalue weighted by Crippen LogP contribution is -2.29. The molecule has 0 spiro atoms. The zero-order chi connectivity index (χ0) is 17.8. The van der Waals surface area contributed by atoms with Crippen LogP contribution in [-0.2, 0) is 9.53 Å². The van der Waals surface area contributed by atoms with Crippen LogP contribution in [0, 0.1) is 0 Å². The van der Waals surface area contributed by atoms with Crippen molar-refractivity contribution in [2.45, 2.75) is 44.8 Å². The maximum absolute atomic E-state index is 12.6. The van der Waals surface area contributed by atoms with Gasteiger partial charge in [-0.25, -0.2) is 9.48 Å². The first kappa shape index (κ1) is 18.0. The van der Waals surface area contributed by atoms with Crippen LogP contribution >= 0.6 is 23.1 Å². The van der Waals surface area contributed by atoms with Gasteiger partial charge in [0.05, 0.1) is 12.2 Å². The van der Waals surface area contributed by atoms with E-state index < -0.39 is 0 Å². The predicted octanol–water partition coefficient (Wildman–Crippen LogP) is 4.08. The summed E-state index contributed by atoms with van der Waals surface area (Å²) in [5, 5.41) is 10.6. The van der Waals surface area contributed by atoms with Gasteiger partial charge in [0, 0.05) is 16.3 Å². The summed E-state index contributed by atoms with van der Waals surface area (Å²) in [6.07, 6.45) is 2.27. The third kappa shape index (κ3) is 3.74. The molecule has 0 saturated carbocycles. The molecule has 0 aliphatic carbocycles. The van der Waals surface area contributed by atoms with Gasteiger partial charge in [-0.2, -0.15) is 4.98 Å². The number of ether oxygens (including phenoxy) is 1. The Balaban J connectivity index is 1.98. The van der Waals surface area contributed by atoms with Gasteiger partial charge in [-0.3, -0.25) is 0 Å². The molecule has 134 valence electrons. The van der Waals surface area contributed by atoms with E-state index >= 15 is 0 Å². The molecule has 25 heavy (non-hydrogen) atoms. The minimum Gasteiger partial charge on any atom is -0.463 e. The molecule has 0 fully saturated rings. The van der Waals surface area contributed by atoms with Crippen LogP contribution in [0.25, 0.3) is 0 Å². The number of nitrogens with zero attached hydrogens (tertiary/aromatic N) is 3. The molecule has 1 atom stereocenters. The Morgan fingerprint density at radius 3 is 3.00 bits per heavy atom. The highest BCUT2D eigenvalue weighted by molar-refractivity contribution is 7.99. The van der Waals surface area contributed by atoms with Gasteiger partial charge in [0.25, 0.3) is 0 Å². The summed E-state index contributed by atoms with van der Waals surface area (Å²) in [4.78, 5) is 18.2. The summed E-state index contributed by atoms with van der Waals surface area (Å²) in [7, 11) is 0. The van der Waals surface area contributed by atoms with Gasteiger partial charge in [-0.05, 0) is 31.7 Å². The number of nitrogens with one attached hydrogen (secondary N) is 1. The second kappa shape index (κ2) is 8.05. The van der Waals surface area contributed by atoms with Crippen molar-refractivity contribution < 1.29 is 9.53 Å². The van der Waals surface area contributed by atoms with Crippen molar-refractivity contribution in [1.29, 1.82) is 0 Å². The molecule has 8 heteroatoms. The van der Waals surface area contributed by atoms with E-state index in [-0.39, 0.29) is 12.0 Å². The Hall–Kier alpha value is -1.80. The molecule has 1 N–H and O–H groups in total. The number of unbranched alkanes of at least 4 members (excludes halogenated alkanes) is 1. The van der Waals surface area contributed by atoms with E-state index in [0.717, 1.165) is 34.3 Å². The first-order valence-electron chi connectivity index (χ1n) is 8.43. The van der Waals surface area contributed by atoms with E-state index in [2.05, 4.69) is 22.3 Å². The number of thiophene rings is 1. The van der Waals surface area contributed by atoms with Crippen LogP contribution in [0.4, 0.5) is 5.95 Å². The summed E-state index contributed by atoms with van der Waals surface area (Å²) >= 11 is 3.24. The SMILES string of the molecule is CCCCSc1nc2n(n1)C(c1cccs1)C(C(=O)OCC)=C(C)N2. The Kier molecular flexibility index (Phi) is 5.80. The number of esters is 1. The molecule has 6 nitrogen and oxygen atoms in total. The molecule has 2 aromatic rings. The Bertz CT molecular complexity index is 768. The molecule has 0 amide bonds. The van der Waals surface area contributed by atoms with Gasteiger partial charge >= 0.3 is 5.97 Å². The van der Waals surface area contributed by atoms with Gasteiger partial charge in [0.2, 0.25) is 11.1 Å². The fourth-order valence-electron chi connectivity index (χ4n) is 2.68. The summed E-state index contributed by atoms with van der Waals surface area (Å²) in [5.41, 5.74) is 1.36. The topological polar surface area (TPSA) is 69.0 Å². The largest absolute Gasteiger partial charge is 0.463 e.